The Labute approximate surface area is 159 Å². The zero-order valence-corrected chi connectivity index (χ0v) is 15.5. The van der Waals surface area contributed by atoms with Gasteiger partial charge < -0.3 is 14.7 Å². The molecule has 7 nitrogen and oxygen atoms in total. The van der Waals surface area contributed by atoms with Gasteiger partial charge in [-0.15, -0.1) is 0 Å². The maximum absolute atomic E-state index is 13.1. The largest absolute Gasteiger partial charge is 0.395 e. The number of nitrogens with zero attached hydrogens (tertiary/aromatic N) is 4. The quantitative estimate of drug-likeness (QED) is 0.870. The molecular weight excluding hydrogens is 344 g/mol. The van der Waals surface area contributed by atoms with E-state index in [2.05, 4.69) is 17.2 Å². The number of aliphatic hydroxyl groups excluding tert-OH is 1. The van der Waals surface area contributed by atoms with Crippen LogP contribution in [0.3, 0.4) is 0 Å². The summed E-state index contributed by atoms with van der Waals surface area (Å²) in [6.07, 6.45) is 2.58. The van der Waals surface area contributed by atoms with Gasteiger partial charge in [0.05, 0.1) is 18.6 Å². The number of rotatable bonds is 4. The van der Waals surface area contributed by atoms with E-state index in [-0.39, 0.29) is 12.5 Å². The number of carbonyl (C=O) groups excluding carboxylic acids is 1. The summed E-state index contributed by atoms with van der Waals surface area (Å²) in [6, 6.07) is 10.2. The Morgan fingerprint density at radius 3 is 2.67 bits per heavy atom. The van der Waals surface area contributed by atoms with Crippen molar-refractivity contribution in [3.8, 4) is 0 Å². The Bertz CT molecular complexity index is 758. The molecule has 0 unspecified atom stereocenters. The lowest BCUT2D eigenvalue weighted by Gasteiger charge is -2.38. The third-order valence-electron chi connectivity index (χ3n) is 5.68. The normalized spacial score (nSPS) is 19.4. The number of amides is 1. The summed E-state index contributed by atoms with van der Waals surface area (Å²) >= 11 is 0. The van der Waals surface area contributed by atoms with E-state index in [1.54, 1.807) is 0 Å². The van der Waals surface area contributed by atoms with Gasteiger partial charge in [0.25, 0.3) is 0 Å². The molecule has 1 N–H and O–H groups in total. The van der Waals surface area contributed by atoms with Gasteiger partial charge in [-0.05, 0) is 18.4 Å². The van der Waals surface area contributed by atoms with E-state index >= 15 is 0 Å². The molecule has 2 aromatic rings. The molecule has 0 radical (unpaired) electrons. The molecule has 0 atom stereocenters. The molecule has 0 bridgehead atoms. The van der Waals surface area contributed by atoms with Crippen molar-refractivity contribution in [2.24, 2.45) is 5.41 Å². The van der Waals surface area contributed by atoms with Gasteiger partial charge >= 0.3 is 0 Å². The molecule has 0 saturated carbocycles. The SMILES string of the molecule is O=C(N1CCc2nc(Cc3ccccc3)nn2CC1)C1(CO)CCOCC1. The summed E-state index contributed by atoms with van der Waals surface area (Å²) in [6.45, 7) is 2.81. The average molecular weight is 370 g/mol. The fourth-order valence-corrected chi connectivity index (χ4v) is 3.95. The summed E-state index contributed by atoms with van der Waals surface area (Å²) < 4.78 is 7.31. The molecule has 144 valence electrons. The number of aromatic nitrogens is 3. The summed E-state index contributed by atoms with van der Waals surface area (Å²) in [5, 5.41) is 14.5. The highest BCUT2D eigenvalue weighted by Crippen LogP contribution is 2.32. The zero-order chi connectivity index (χ0) is 18.7. The minimum Gasteiger partial charge on any atom is -0.395 e. The first-order valence-corrected chi connectivity index (χ1v) is 9.65. The molecule has 3 heterocycles. The number of benzene rings is 1. The number of aliphatic hydroxyl groups is 1. The minimum absolute atomic E-state index is 0.0450. The average Bonchev–Trinajstić information content (AvgIpc) is 2.99. The van der Waals surface area contributed by atoms with E-state index in [4.69, 9.17) is 9.72 Å². The monoisotopic (exact) mass is 370 g/mol. The van der Waals surface area contributed by atoms with E-state index in [1.165, 1.54) is 5.56 Å². The number of hydrogen-bond donors (Lipinski definition) is 1. The van der Waals surface area contributed by atoms with E-state index in [9.17, 15) is 9.90 Å². The van der Waals surface area contributed by atoms with Crippen molar-refractivity contribution in [3.63, 3.8) is 0 Å². The van der Waals surface area contributed by atoms with Gasteiger partial charge in [-0.1, -0.05) is 30.3 Å². The van der Waals surface area contributed by atoms with Crippen LogP contribution >= 0.6 is 0 Å². The summed E-state index contributed by atoms with van der Waals surface area (Å²) in [5.41, 5.74) is 0.510. The first kappa shape index (κ1) is 18.1. The van der Waals surface area contributed by atoms with Crippen molar-refractivity contribution in [2.75, 3.05) is 32.9 Å². The fourth-order valence-electron chi connectivity index (χ4n) is 3.95. The molecule has 1 aromatic carbocycles. The van der Waals surface area contributed by atoms with Crippen molar-refractivity contribution in [3.05, 3.63) is 47.5 Å². The molecule has 1 fully saturated rings. The topological polar surface area (TPSA) is 80.5 Å². The lowest BCUT2D eigenvalue weighted by atomic mass is 9.79. The molecule has 2 aliphatic heterocycles. The number of fused-ring (bicyclic) bond motifs is 1. The number of carbonyl (C=O) groups is 1. The van der Waals surface area contributed by atoms with Gasteiger partial charge in [0.1, 0.15) is 5.82 Å². The molecule has 1 aromatic heterocycles. The van der Waals surface area contributed by atoms with Crippen LogP contribution in [0, 0.1) is 5.41 Å². The fraction of sp³-hybridized carbons (Fsp3) is 0.550. The first-order valence-electron chi connectivity index (χ1n) is 9.65. The Hall–Kier alpha value is -2.25. The molecule has 0 spiro atoms. The van der Waals surface area contributed by atoms with E-state index < -0.39 is 5.41 Å². The van der Waals surface area contributed by atoms with Gasteiger partial charge in [-0.3, -0.25) is 4.79 Å². The maximum Gasteiger partial charge on any atom is 0.231 e. The van der Waals surface area contributed by atoms with Gasteiger partial charge in [-0.25, -0.2) is 9.67 Å². The Balaban J connectivity index is 1.43. The standard InChI is InChI=1S/C20H26N4O3/c25-15-20(7-12-27-13-8-20)19(26)23-9-6-18-21-17(22-24(18)11-10-23)14-16-4-2-1-3-5-16/h1-5,25H,6-15H2. The van der Waals surface area contributed by atoms with E-state index in [0.717, 1.165) is 18.1 Å². The van der Waals surface area contributed by atoms with Crippen LogP contribution in [0.4, 0.5) is 0 Å². The maximum atomic E-state index is 13.1. The van der Waals surface area contributed by atoms with Gasteiger partial charge in [0.2, 0.25) is 5.91 Å². The summed E-state index contributed by atoms with van der Waals surface area (Å²) in [7, 11) is 0. The van der Waals surface area contributed by atoms with E-state index in [1.807, 2.05) is 27.8 Å². The molecule has 2 aliphatic rings. The molecule has 4 rings (SSSR count). The predicted octanol–water partition coefficient (Wildman–Crippen LogP) is 1.04. The molecular formula is C20H26N4O3. The second kappa shape index (κ2) is 7.78. The third kappa shape index (κ3) is 3.75. The van der Waals surface area contributed by atoms with Crippen LogP contribution in [0.5, 0.6) is 0 Å². The molecule has 1 saturated heterocycles. The van der Waals surface area contributed by atoms with Crippen molar-refractivity contribution >= 4 is 5.91 Å². The Kier molecular flexibility index (Phi) is 5.22. The highest BCUT2D eigenvalue weighted by molar-refractivity contribution is 5.83. The lowest BCUT2D eigenvalue weighted by molar-refractivity contribution is -0.151. The van der Waals surface area contributed by atoms with Crippen LogP contribution < -0.4 is 0 Å². The van der Waals surface area contributed by atoms with Crippen LogP contribution in [0.25, 0.3) is 0 Å². The van der Waals surface area contributed by atoms with Crippen molar-refractivity contribution in [1.29, 1.82) is 0 Å². The van der Waals surface area contributed by atoms with Crippen LogP contribution in [0.2, 0.25) is 0 Å². The molecule has 0 aliphatic carbocycles. The van der Waals surface area contributed by atoms with Crippen LogP contribution in [-0.2, 0) is 28.9 Å². The van der Waals surface area contributed by atoms with Gasteiger partial charge in [0, 0.05) is 39.1 Å². The number of ether oxygens (including phenoxy) is 1. The Morgan fingerprint density at radius 2 is 1.93 bits per heavy atom. The van der Waals surface area contributed by atoms with Crippen LogP contribution in [-0.4, -0.2) is 63.6 Å². The second-order valence-electron chi connectivity index (χ2n) is 7.42. The van der Waals surface area contributed by atoms with Gasteiger partial charge in [0.15, 0.2) is 5.82 Å². The Morgan fingerprint density at radius 1 is 1.15 bits per heavy atom. The van der Waals surface area contributed by atoms with Crippen LogP contribution in [0.1, 0.15) is 30.1 Å². The smallest absolute Gasteiger partial charge is 0.231 e. The lowest BCUT2D eigenvalue weighted by Crippen LogP contribution is -2.49. The second-order valence-corrected chi connectivity index (χ2v) is 7.42. The van der Waals surface area contributed by atoms with Crippen LogP contribution in [0.15, 0.2) is 30.3 Å². The minimum atomic E-state index is -0.684. The van der Waals surface area contributed by atoms with Gasteiger partial charge in [-0.2, -0.15) is 5.10 Å². The summed E-state index contributed by atoms with van der Waals surface area (Å²) in [4.78, 5) is 19.7. The number of hydrogen-bond acceptors (Lipinski definition) is 5. The highest BCUT2D eigenvalue weighted by Gasteiger charge is 2.42. The zero-order valence-electron chi connectivity index (χ0n) is 15.5. The highest BCUT2D eigenvalue weighted by atomic mass is 16.5. The van der Waals surface area contributed by atoms with Crippen molar-refractivity contribution in [2.45, 2.75) is 32.2 Å². The van der Waals surface area contributed by atoms with Crippen molar-refractivity contribution < 1.29 is 14.6 Å². The first-order chi connectivity index (χ1) is 13.2. The molecule has 27 heavy (non-hydrogen) atoms. The predicted molar refractivity (Wildman–Crippen MR) is 99.1 cm³/mol. The third-order valence-corrected chi connectivity index (χ3v) is 5.68. The molecule has 7 heteroatoms. The van der Waals surface area contributed by atoms with E-state index in [0.29, 0.717) is 52.1 Å². The molecule has 1 amide bonds. The summed E-state index contributed by atoms with van der Waals surface area (Å²) in [5.74, 6) is 1.80. The van der Waals surface area contributed by atoms with Crippen molar-refractivity contribution in [1.82, 2.24) is 19.7 Å².